The number of carbonyl (C=O) groups excluding carboxylic acids is 1. The summed E-state index contributed by atoms with van der Waals surface area (Å²) < 4.78 is 0. The molecule has 1 radical (unpaired) electrons. The Morgan fingerprint density at radius 3 is 2.05 bits per heavy atom. The molecule has 1 atom stereocenters. The molecule has 106 valence electrons. The van der Waals surface area contributed by atoms with E-state index in [0.29, 0.717) is 6.42 Å². The Morgan fingerprint density at radius 1 is 0.952 bits per heavy atom. The quantitative estimate of drug-likeness (QED) is 0.639. The van der Waals surface area contributed by atoms with E-state index in [4.69, 9.17) is 0 Å². The molecular formula is C18H21NOZn. The molecule has 21 heavy (non-hydrogen) atoms. The second-order valence-corrected chi connectivity index (χ2v) is 4.94. The Bertz CT molecular complexity index is 527. The van der Waals surface area contributed by atoms with Crippen LogP contribution >= 0.6 is 0 Å². The number of benzene rings is 2. The summed E-state index contributed by atoms with van der Waals surface area (Å²) in [4.78, 5) is 11.9. The Morgan fingerprint density at radius 2 is 1.48 bits per heavy atom. The maximum absolute atomic E-state index is 11.9. The third-order valence-corrected chi connectivity index (χ3v) is 3.17. The van der Waals surface area contributed by atoms with Gasteiger partial charge < -0.3 is 12.2 Å². The van der Waals surface area contributed by atoms with E-state index in [1.165, 1.54) is 11.1 Å². The molecule has 0 aliphatic carbocycles. The fraction of sp³-hybridized carbons (Fsp3) is 0.222. The SMILES string of the molecule is [CH2-]C(Cc1ccccc1)NC(=O)CCc1ccccc1.[ZnH+]. The van der Waals surface area contributed by atoms with Crippen molar-refractivity contribution in [3.8, 4) is 0 Å². The minimum absolute atomic E-state index is 0. The van der Waals surface area contributed by atoms with Crippen molar-refractivity contribution in [1.82, 2.24) is 5.32 Å². The second-order valence-electron chi connectivity index (χ2n) is 4.94. The fourth-order valence-electron chi connectivity index (χ4n) is 2.15. The number of aryl methyl sites for hydroxylation is 1. The van der Waals surface area contributed by atoms with Crippen LogP contribution in [0.1, 0.15) is 17.5 Å². The van der Waals surface area contributed by atoms with Gasteiger partial charge in [-0.25, -0.2) is 0 Å². The average molecular weight is 333 g/mol. The molecular weight excluding hydrogens is 312 g/mol. The zero-order valence-electron chi connectivity index (χ0n) is 12.6. The van der Waals surface area contributed by atoms with Gasteiger partial charge >= 0.3 is 19.5 Å². The van der Waals surface area contributed by atoms with Gasteiger partial charge in [-0.1, -0.05) is 66.7 Å². The van der Waals surface area contributed by atoms with Crippen molar-refractivity contribution < 1.29 is 24.3 Å². The number of hydrogen-bond donors (Lipinski definition) is 1. The second kappa shape index (κ2) is 9.47. The van der Waals surface area contributed by atoms with E-state index in [-0.39, 0.29) is 31.4 Å². The standard InChI is InChI=1S/C18H20NO.Zn.H/c1-15(14-17-10-6-3-7-11-17)19-18(20)13-12-16-8-4-2-5-9-16;;/h2-11,15H,1,12-14H2,(H,19,20);;/q-1;+1;. The number of hydrogen-bond acceptors (Lipinski definition) is 1. The molecule has 0 bridgehead atoms. The Hall–Kier alpha value is -1.47. The molecule has 1 N–H and O–H groups in total. The number of nitrogens with one attached hydrogen (secondary N) is 1. The summed E-state index contributed by atoms with van der Waals surface area (Å²) in [7, 11) is 0. The van der Waals surface area contributed by atoms with Crippen LogP contribution in [0, 0.1) is 6.92 Å². The molecule has 0 spiro atoms. The zero-order valence-corrected chi connectivity index (χ0v) is 16.8. The summed E-state index contributed by atoms with van der Waals surface area (Å²) in [5.74, 6) is 0.0600. The Labute approximate surface area is 139 Å². The van der Waals surface area contributed by atoms with E-state index >= 15 is 0 Å². The molecule has 2 nitrogen and oxygen atoms in total. The maximum atomic E-state index is 11.9. The van der Waals surface area contributed by atoms with Gasteiger partial charge in [0.15, 0.2) is 0 Å². The van der Waals surface area contributed by atoms with Crippen molar-refractivity contribution >= 4 is 5.91 Å². The van der Waals surface area contributed by atoms with Crippen molar-refractivity contribution in [3.05, 3.63) is 78.7 Å². The predicted octanol–water partition coefficient (Wildman–Crippen LogP) is 2.91. The fourth-order valence-corrected chi connectivity index (χ4v) is 2.15. The third kappa shape index (κ3) is 6.68. The van der Waals surface area contributed by atoms with E-state index in [1.807, 2.05) is 60.7 Å². The molecule has 2 aromatic rings. The van der Waals surface area contributed by atoms with Gasteiger partial charge in [-0.05, 0) is 24.0 Å². The topological polar surface area (TPSA) is 29.1 Å². The van der Waals surface area contributed by atoms with Gasteiger partial charge in [0.05, 0.1) is 0 Å². The van der Waals surface area contributed by atoms with E-state index < -0.39 is 0 Å². The van der Waals surface area contributed by atoms with Gasteiger partial charge in [0.2, 0.25) is 5.91 Å². The molecule has 0 aliphatic heterocycles. The van der Waals surface area contributed by atoms with Crippen LogP contribution in [0.5, 0.6) is 0 Å². The van der Waals surface area contributed by atoms with Crippen molar-refractivity contribution in [2.75, 3.05) is 0 Å². The van der Waals surface area contributed by atoms with Gasteiger partial charge in [0, 0.05) is 6.42 Å². The zero-order chi connectivity index (χ0) is 14.2. The van der Waals surface area contributed by atoms with Crippen molar-refractivity contribution in [2.45, 2.75) is 25.3 Å². The Kier molecular flexibility index (Phi) is 7.93. The number of carbonyl (C=O) groups is 1. The summed E-state index contributed by atoms with van der Waals surface area (Å²) in [6.45, 7) is 4.00. The van der Waals surface area contributed by atoms with Gasteiger partial charge in [0.1, 0.15) is 0 Å². The van der Waals surface area contributed by atoms with Crippen LogP contribution < -0.4 is 5.32 Å². The molecule has 2 aromatic carbocycles. The van der Waals surface area contributed by atoms with Gasteiger partial charge in [-0.2, -0.15) is 0 Å². The molecule has 3 heteroatoms. The first-order valence-corrected chi connectivity index (χ1v) is 6.94. The normalized spacial score (nSPS) is 11.3. The van der Waals surface area contributed by atoms with Crippen molar-refractivity contribution in [2.24, 2.45) is 0 Å². The van der Waals surface area contributed by atoms with E-state index in [0.717, 1.165) is 12.8 Å². The van der Waals surface area contributed by atoms with Crippen LogP contribution in [-0.4, -0.2) is 11.9 Å². The average Bonchev–Trinajstić information content (AvgIpc) is 2.47. The van der Waals surface area contributed by atoms with E-state index in [9.17, 15) is 4.79 Å². The van der Waals surface area contributed by atoms with Gasteiger partial charge in [-0.15, -0.1) is 0 Å². The van der Waals surface area contributed by atoms with Crippen molar-refractivity contribution in [1.29, 1.82) is 0 Å². The molecule has 0 saturated carbocycles. The number of rotatable bonds is 6. The number of amides is 1. The van der Waals surface area contributed by atoms with Crippen LogP contribution in [0.25, 0.3) is 0 Å². The minimum atomic E-state index is -0.0827. The summed E-state index contributed by atoms with van der Waals surface area (Å²) in [6.07, 6.45) is 2.04. The summed E-state index contributed by atoms with van der Waals surface area (Å²) in [5.41, 5.74) is 2.38. The first-order chi connectivity index (χ1) is 9.74. The molecule has 0 fully saturated rings. The molecule has 2 rings (SSSR count). The van der Waals surface area contributed by atoms with Crippen LogP contribution in [0.2, 0.25) is 0 Å². The predicted molar refractivity (Wildman–Crippen MR) is 83.6 cm³/mol. The van der Waals surface area contributed by atoms with Gasteiger partial charge in [0.25, 0.3) is 0 Å². The summed E-state index contributed by atoms with van der Waals surface area (Å²) in [5, 5.41) is 2.95. The monoisotopic (exact) mass is 331 g/mol. The van der Waals surface area contributed by atoms with Crippen LogP contribution in [-0.2, 0) is 37.1 Å². The summed E-state index contributed by atoms with van der Waals surface area (Å²) >= 11 is 0. The molecule has 1 unspecified atom stereocenters. The third-order valence-electron chi connectivity index (χ3n) is 3.17. The Balaban J connectivity index is 0.00000220. The van der Waals surface area contributed by atoms with Crippen LogP contribution in [0.3, 0.4) is 0 Å². The molecule has 0 heterocycles. The van der Waals surface area contributed by atoms with E-state index in [1.54, 1.807) is 0 Å². The van der Waals surface area contributed by atoms with Crippen LogP contribution in [0.4, 0.5) is 0 Å². The van der Waals surface area contributed by atoms with E-state index in [2.05, 4.69) is 12.2 Å². The van der Waals surface area contributed by atoms with Crippen LogP contribution in [0.15, 0.2) is 60.7 Å². The molecule has 0 aromatic heterocycles. The van der Waals surface area contributed by atoms with Gasteiger partial charge in [-0.3, -0.25) is 4.79 Å². The molecule has 0 aliphatic rings. The first-order valence-electron chi connectivity index (χ1n) is 6.94. The van der Waals surface area contributed by atoms with Crippen molar-refractivity contribution in [3.63, 3.8) is 0 Å². The molecule has 0 saturated heterocycles. The summed E-state index contributed by atoms with van der Waals surface area (Å²) in [6, 6.07) is 20.1. The first kappa shape index (κ1) is 17.6. The molecule has 1 amide bonds.